The Morgan fingerprint density at radius 3 is 2.63 bits per heavy atom. The van der Waals surface area contributed by atoms with Crippen LogP contribution in [0.25, 0.3) is 0 Å². The first-order valence-corrected chi connectivity index (χ1v) is 6.65. The van der Waals surface area contributed by atoms with Crippen LogP contribution in [0.5, 0.6) is 0 Å². The van der Waals surface area contributed by atoms with Gasteiger partial charge >= 0.3 is 0 Å². The Morgan fingerprint density at radius 2 is 2.05 bits per heavy atom. The number of aromatic nitrogens is 2. The van der Waals surface area contributed by atoms with Crippen LogP contribution < -0.4 is 5.32 Å². The molecule has 0 spiro atoms. The molecule has 0 saturated heterocycles. The molecule has 102 valence electrons. The van der Waals surface area contributed by atoms with E-state index in [4.69, 9.17) is 0 Å². The fourth-order valence-electron chi connectivity index (χ4n) is 2.14. The smallest absolute Gasteiger partial charge is 0.125 e. The molecule has 2 aromatic rings. The molecule has 19 heavy (non-hydrogen) atoms. The Labute approximate surface area is 113 Å². The highest BCUT2D eigenvalue weighted by molar-refractivity contribution is 5.18. The molecule has 0 aliphatic heterocycles. The van der Waals surface area contributed by atoms with Crippen LogP contribution in [0.2, 0.25) is 0 Å². The molecule has 0 radical (unpaired) electrons. The standard InChI is InChI=1S/C15H20FN3/c1-3-8-17-14(15-18-9-10-19(15)2)11-12-4-6-13(16)7-5-12/h4-7,9-10,14,17H,3,8,11H2,1-2H3. The van der Waals surface area contributed by atoms with Crippen molar-refractivity contribution in [3.63, 3.8) is 0 Å². The van der Waals surface area contributed by atoms with E-state index in [1.54, 1.807) is 6.20 Å². The molecular weight excluding hydrogens is 241 g/mol. The number of nitrogens with zero attached hydrogens (tertiary/aromatic N) is 2. The molecule has 1 aromatic heterocycles. The lowest BCUT2D eigenvalue weighted by molar-refractivity contribution is 0.491. The monoisotopic (exact) mass is 261 g/mol. The predicted octanol–water partition coefficient (Wildman–Crippen LogP) is 2.84. The van der Waals surface area contributed by atoms with Gasteiger partial charge in [-0.05, 0) is 37.1 Å². The SMILES string of the molecule is CCCNC(Cc1ccc(F)cc1)c1nccn1C. The minimum atomic E-state index is -0.196. The summed E-state index contributed by atoms with van der Waals surface area (Å²) in [6.45, 7) is 3.08. The minimum absolute atomic E-state index is 0.158. The van der Waals surface area contributed by atoms with E-state index in [1.807, 2.05) is 29.9 Å². The van der Waals surface area contributed by atoms with E-state index in [1.165, 1.54) is 12.1 Å². The summed E-state index contributed by atoms with van der Waals surface area (Å²) in [6.07, 6.45) is 5.64. The second kappa shape index (κ2) is 6.48. The molecule has 0 saturated carbocycles. The molecule has 2 rings (SSSR count). The van der Waals surface area contributed by atoms with Gasteiger partial charge in [0.05, 0.1) is 6.04 Å². The van der Waals surface area contributed by atoms with Crippen molar-refractivity contribution >= 4 is 0 Å². The summed E-state index contributed by atoms with van der Waals surface area (Å²) in [4.78, 5) is 4.41. The van der Waals surface area contributed by atoms with E-state index < -0.39 is 0 Å². The van der Waals surface area contributed by atoms with Crippen molar-refractivity contribution in [2.75, 3.05) is 6.54 Å². The molecule has 0 aliphatic rings. The predicted molar refractivity (Wildman–Crippen MR) is 74.3 cm³/mol. The Kier molecular flexibility index (Phi) is 4.68. The van der Waals surface area contributed by atoms with Gasteiger partial charge in [0.1, 0.15) is 11.6 Å². The van der Waals surface area contributed by atoms with Crippen LogP contribution >= 0.6 is 0 Å². The van der Waals surface area contributed by atoms with Crippen molar-refractivity contribution in [2.24, 2.45) is 7.05 Å². The largest absolute Gasteiger partial charge is 0.337 e. The highest BCUT2D eigenvalue weighted by atomic mass is 19.1. The first-order valence-electron chi connectivity index (χ1n) is 6.65. The molecule has 0 aliphatic carbocycles. The zero-order valence-electron chi connectivity index (χ0n) is 11.4. The topological polar surface area (TPSA) is 29.9 Å². The van der Waals surface area contributed by atoms with Gasteiger partial charge in [-0.2, -0.15) is 0 Å². The van der Waals surface area contributed by atoms with Crippen molar-refractivity contribution in [3.8, 4) is 0 Å². The Balaban J connectivity index is 2.14. The van der Waals surface area contributed by atoms with E-state index in [9.17, 15) is 4.39 Å². The molecule has 0 amide bonds. The highest BCUT2D eigenvalue weighted by Gasteiger charge is 2.15. The Bertz CT molecular complexity index is 504. The number of nitrogens with one attached hydrogen (secondary N) is 1. The quantitative estimate of drug-likeness (QED) is 0.866. The van der Waals surface area contributed by atoms with Gasteiger partial charge in [0, 0.05) is 19.4 Å². The highest BCUT2D eigenvalue weighted by Crippen LogP contribution is 2.17. The summed E-state index contributed by atoms with van der Waals surface area (Å²) >= 11 is 0. The van der Waals surface area contributed by atoms with Gasteiger partial charge < -0.3 is 9.88 Å². The summed E-state index contributed by atoms with van der Waals surface area (Å²) in [5, 5.41) is 3.50. The first-order chi connectivity index (χ1) is 9.20. The van der Waals surface area contributed by atoms with Gasteiger partial charge in [0.2, 0.25) is 0 Å². The van der Waals surface area contributed by atoms with Gasteiger partial charge in [-0.15, -0.1) is 0 Å². The van der Waals surface area contributed by atoms with Crippen molar-refractivity contribution in [1.82, 2.24) is 14.9 Å². The number of rotatable bonds is 6. The van der Waals surface area contributed by atoms with Gasteiger partial charge in [-0.3, -0.25) is 0 Å². The van der Waals surface area contributed by atoms with Gasteiger partial charge in [-0.25, -0.2) is 9.37 Å². The van der Waals surface area contributed by atoms with Crippen LogP contribution in [0, 0.1) is 5.82 Å². The van der Waals surface area contributed by atoms with Crippen molar-refractivity contribution in [1.29, 1.82) is 0 Å². The molecule has 0 fully saturated rings. The van der Waals surface area contributed by atoms with Gasteiger partial charge in [-0.1, -0.05) is 19.1 Å². The third kappa shape index (κ3) is 3.64. The van der Waals surface area contributed by atoms with E-state index in [2.05, 4.69) is 17.2 Å². The van der Waals surface area contributed by atoms with Gasteiger partial charge in [0.15, 0.2) is 0 Å². The molecule has 1 aromatic carbocycles. The zero-order valence-corrected chi connectivity index (χ0v) is 11.4. The summed E-state index contributed by atoms with van der Waals surface area (Å²) in [5.41, 5.74) is 1.11. The van der Waals surface area contributed by atoms with Crippen molar-refractivity contribution in [3.05, 3.63) is 53.9 Å². The third-order valence-electron chi connectivity index (χ3n) is 3.16. The maximum atomic E-state index is 12.9. The number of hydrogen-bond acceptors (Lipinski definition) is 2. The second-order valence-corrected chi connectivity index (χ2v) is 4.73. The number of aryl methyl sites for hydroxylation is 1. The van der Waals surface area contributed by atoms with Crippen LogP contribution in [0.15, 0.2) is 36.7 Å². The summed E-state index contributed by atoms with van der Waals surface area (Å²) in [5.74, 6) is 0.816. The number of imidazole rings is 1. The molecule has 3 nitrogen and oxygen atoms in total. The summed E-state index contributed by atoms with van der Waals surface area (Å²) in [7, 11) is 1.99. The lowest BCUT2D eigenvalue weighted by Crippen LogP contribution is -2.26. The average Bonchev–Trinajstić information content (AvgIpc) is 2.83. The van der Waals surface area contributed by atoms with Crippen LogP contribution in [0.3, 0.4) is 0 Å². The molecule has 1 N–H and O–H groups in total. The second-order valence-electron chi connectivity index (χ2n) is 4.73. The maximum Gasteiger partial charge on any atom is 0.125 e. The van der Waals surface area contributed by atoms with E-state index in [0.29, 0.717) is 0 Å². The maximum absolute atomic E-state index is 12.9. The normalized spacial score (nSPS) is 12.6. The molecule has 4 heteroatoms. The van der Waals surface area contributed by atoms with Crippen LogP contribution in [0.4, 0.5) is 4.39 Å². The van der Waals surface area contributed by atoms with E-state index in [0.717, 1.165) is 30.8 Å². The lowest BCUT2D eigenvalue weighted by Gasteiger charge is -2.18. The minimum Gasteiger partial charge on any atom is -0.337 e. The first kappa shape index (κ1) is 13.7. The van der Waals surface area contributed by atoms with Crippen LogP contribution in [-0.2, 0) is 13.5 Å². The third-order valence-corrected chi connectivity index (χ3v) is 3.16. The number of halogens is 1. The Hall–Kier alpha value is -1.68. The number of hydrogen-bond donors (Lipinski definition) is 1. The van der Waals surface area contributed by atoms with Crippen LogP contribution in [-0.4, -0.2) is 16.1 Å². The van der Waals surface area contributed by atoms with Crippen LogP contribution in [0.1, 0.15) is 30.8 Å². The number of benzene rings is 1. The van der Waals surface area contributed by atoms with E-state index >= 15 is 0 Å². The van der Waals surface area contributed by atoms with Crippen molar-refractivity contribution in [2.45, 2.75) is 25.8 Å². The summed E-state index contributed by atoms with van der Waals surface area (Å²) < 4.78 is 15.0. The van der Waals surface area contributed by atoms with E-state index in [-0.39, 0.29) is 11.9 Å². The molecule has 1 heterocycles. The molecule has 1 unspecified atom stereocenters. The van der Waals surface area contributed by atoms with Crippen molar-refractivity contribution < 1.29 is 4.39 Å². The lowest BCUT2D eigenvalue weighted by atomic mass is 10.1. The fourth-order valence-corrected chi connectivity index (χ4v) is 2.14. The molecular formula is C15H20FN3. The summed E-state index contributed by atoms with van der Waals surface area (Å²) in [6, 6.07) is 6.83. The fraction of sp³-hybridized carbons (Fsp3) is 0.400. The Morgan fingerprint density at radius 1 is 1.32 bits per heavy atom. The average molecular weight is 261 g/mol. The molecule has 1 atom stereocenters. The molecule has 0 bridgehead atoms. The van der Waals surface area contributed by atoms with Gasteiger partial charge in [0.25, 0.3) is 0 Å². The zero-order chi connectivity index (χ0) is 13.7.